The SMILES string of the molecule is Cc1cc(F)ccc1S(=O)(=O)N1CCCC(S(N)(=O)=O)C1. The standard InChI is InChI=1S/C12H17FN2O4S2/c1-9-7-10(13)4-5-12(9)21(18,19)15-6-2-3-11(8-15)20(14,16)17/h4-5,7,11H,2-3,6,8H2,1H3,(H2,14,16,17). The van der Waals surface area contributed by atoms with Crippen molar-refractivity contribution in [3.05, 3.63) is 29.6 Å². The Morgan fingerprint density at radius 3 is 2.52 bits per heavy atom. The molecule has 1 atom stereocenters. The predicted molar refractivity (Wildman–Crippen MR) is 76.0 cm³/mol. The second-order valence-electron chi connectivity index (χ2n) is 5.13. The molecular weight excluding hydrogens is 319 g/mol. The van der Waals surface area contributed by atoms with Gasteiger partial charge in [0.25, 0.3) is 0 Å². The molecule has 21 heavy (non-hydrogen) atoms. The molecule has 1 fully saturated rings. The van der Waals surface area contributed by atoms with Crippen LogP contribution in [0.4, 0.5) is 4.39 Å². The Labute approximate surface area is 123 Å². The zero-order valence-electron chi connectivity index (χ0n) is 11.5. The van der Waals surface area contributed by atoms with Crippen molar-refractivity contribution in [1.82, 2.24) is 4.31 Å². The first-order chi connectivity index (χ1) is 9.62. The average molecular weight is 336 g/mol. The topological polar surface area (TPSA) is 97.5 Å². The lowest BCUT2D eigenvalue weighted by Gasteiger charge is -2.31. The van der Waals surface area contributed by atoms with Gasteiger partial charge in [-0.05, 0) is 43.5 Å². The zero-order chi connectivity index (χ0) is 15.8. The minimum absolute atomic E-state index is 0.0148. The number of nitrogens with zero attached hydrogens (tertiary/aromatic N) is 1. The van der Waals surface area contributed by atoms with E-state index in [0.29, 0.717) is 12.8 Å². The Bertz CT molecular complexity index is 747. The molecule has 1 aromatic rings. The number of hydrogen-bond acceptors (Lipinski definition) is 4. The van der Waals surface area contributed by atoms with Crippen molar-refractivity contribution in [3.8, 4) is 0 Å². The summed E-state index contributed by atoms with van der Waals surface area (Å²) in [5, 5.41) is 4.20. The molecule has 1 aliphatic heterocycles. The molecule has 118 valence electrons. The lowest BCUT2D eigenvalue weighted by atomic mass is 10.2. The summed E-state index contributed by atoms with van der Waals surface area (Å²) in [4.78, 5) is -0.0148. The van der Waals surface area contributed by atoms with Gasteiger partial charge < -0.3 is 0 Å². The van der Waals surface area contributed by atoms with E-state index in [2.05, 4.69) is 0 Å². The average Bonchev–Trinajstić information content (AvgIpc) is 2.37. The van der Waals surface area contributed by atoms with E-state index in [0.717, 1.165) is 16.4 Å². The summed E-state index contributed by atoms with van der Waals surface area (Å²) in [5.41, 5.74) is 0.285. The van der Waals surface area contributed by atoms with Crippen molar-refractivity contribution in [2.45, 2.75) is 29.9 Å². The highest BCUT2D eigenvalue weighted by Crippen LogP contribution is 2.25. The van der Waals surface area contributed by atoms with Crippen molar-refractivity contribution >= 4 is 20.0 Å². The van der Waals surface area contributed by atoms with Crippen LogP contribution in [0, 0.1) is 12.7 Å². The van der Waals surface area contributed by atoms with Gasteiger partial charge in [0.1, 0.15) is 5.82 Å². The summed E-state index contributed by atoms with van der Waals surface area (Å²) in [6.45, 7) is 1.56. The Morgan fingerprint density at radius 1 is 1.29 bits per heavy atom. The third-order valence-electron chi connectivity index (χ3n) is 3.56. The number of rotatable bonds is 3. The zero-order valence-corrected chi connectivity index (χ0v) is 13.1. The van der Waals surface area contributed by atoms with Crippen molar-refractivity contribution in [1.29, 1.82) is 0 Å². The van der Waals surface area contributed by atoms with E-state index in [9.17, 15) is 21.2 Å². The number of nitrogens with two attached hydrogens (primary N) is 1. The first-order valence-electron chi connectivity index (χ1n) is 6.40. The molecule has 1 aliphatic rings. The van der Waals surface area contributed by atoms with Gasteiger partial charge in [-0.25, -0.2) is 26.4 Å². The molecule has 0 amide bonds. The number of piperidine rings is 1. The third kappa shape index (κ3) is 3.42. The summed E-state index contributed by atoms with van der Waals surface area (Å²) >= 11 is 0. The first kappa shape index (κ1) is 16.3. The molecule has 1 unspecified atom stereocenters. The van der Waals surface area contributed by atoms with Crippen molar-refractivity contribution in [2.24, 2.45) is 5.14 Å². The molecule has 6 nitrogen and oxygen atoms in total. The van der Waals surface area contributed by atoms with Gasteiger partial charge in [0.2, 0.25) is 20.0 Å². The molecule has 2 N–H and O–H groups in total. The normalized spacial score (nSPS) is 21.4. The van der Waals surface area contributed by atoms with E-state index in [1.54, 1.807) is 0 Å². The van der Waals surface area contributed by atoms with Crippen LogP contribution in [0.2, 0.25) is 0 Å². The highest BCUT2D eigenvalue weighted by atomic mass is 32.2. The fourth-order valence-electron chi connectivity index (χ4n) is 2.43. The number of aryl methyl sites for hydroxylation is 1. The fraction of sp³-hybridized carbons (Fsp3) is 0.500. The molecule has 0 spiro atoms. The predicted octanol–water partition coefficient (Wildman–Crippen LogP) is 0.576. The molecule has 0 aromatic heterocycles. The van der Waals surface area contributed by atoms with Gasteiger partial charge >= 0.3 is 0 Å². The van der Waals surface area contributed by atoms with Crippen molar-refractivity contribution in [2.75, 3.05) is 13.1 Å². The monoisotopic (exact) mass is 336 g/mol. The van der Waals surface area contributed by atoms with Gasteiger partial charge in [-0.3, -0.25) is 0 Å². The quantitative estimate of drug-likeness (QED) is 0.873. The molecule has 0 bridgehead atoms. The lowest BCUT2D eigenvalue weighted by Crippen LogP contribution is -2.47. The summed E-state index contributed by atoms with van der Waals surface area (Å²) in [7, 11) is -7.64. The maximum atomic E-state index is 13.1. The Balaban J connectivity index is 2.35. The molecular formula is C12H17FN2O4S2. The van der Waals surface area contributed by atoms with E-state index in [1.165, 1.54) is 13.0 Å². The second-order valence-corrected chi connectivity index (χ2v) is 8.88. The number of halogens is 1. The second kappa shape index (κ2) is 5.64. The molecule has 1 saturated heterocycles. The van der Waals surface area contributed by atoms with Gasteiger partial charge in [-0.2, -0.15) is 4.31 Å². The molecule has 0 saturated carbocycles. The van der Waals surface area contributed by atoms with Crippen LogP contribution in [0.5, 0.6) is 0 Å². The number of sulfonamides is 2. The lowest BCUT2D eigenvalue weighted by molar-refractivity contribution is 0.346. The smallest absolute Gasteiger partial charge is 0.228 e. The summed E-state index contributed by atoms with van der Waals surface area (Å²) in [6, 6.07) is 3.40. The van der Waals surface area contributed by atoms with E-state index in [4.69, 9.17) is 5.14 Å². The van der Waals surface area contributed by atoms with Crippen LogP contribution >= 0.6 is 0 Å². The molecule has 0 radical (unpaired) electrons. The Morgan fingerprint density at radius 2 is 1.95 bits per heavy atom. The van der Waals surface area contributed by atoms with Crippen LogP contribution in [-0.4, -0.2) is 39.5 Å². The van der Waals surface area contributed by atoms with Crippen molar-refractivity contribution < 1.29 is 21.2 Å². The fourth-order valence-corrected chi connectivity index (χ4v) is 5.14. The summed E-state index contributed by atoms with van der Waals surface area (Å²) < 4.78 is 62.1. The van der Waals surface area contributed by atoms with Gasteiger partial charge in [-0.1, -0.05) is 0 Å². The highest BCUT2D eigenvalue weighted by Gasteiger charge is 2.35. The van der Waals surface area contributed by atoms with Crippen LogP contribution in [0.25, 0.3) is 0 Å². The highest BCUT2D eigenvalue weighted by molar-refractivity contribution is 7.90. The Kier molecular flexibility index (Phi) is 4.39. The van der Waals surface area contributed by atoms with Gasteiger partial charge in [0.15, 0.2) is 0 Å². The van der Waals surface area contributed by atoms with E-state index < -0.39 is 31.1 Å². The van der Waals surface area contributed by atoms with Crippen LogP contribution < -0.4 is 5.14 Å². The first-order valence-corrected chi connectivity index (χ1v) is 9.45. The molecule has 2 rings (SSSR count). The summed E-state index contributed by atoms with van der Waals surface area (Å²) in [6.07, 6.45) is 0.758. The minimum atomic E-state index is -3.86. The number of benzene rings is 1. The van der Waals surface area contributed by atoms with Gasteiger partial charge in [0, 0.05) is 13.1 Å². The van der Waals surface area contributed by atoms with Crippen LogP contribution in [0.3, 0.4) is 0 Å². The number of primary sulfonamides is 1. The third-order valence-corrected chi connectivity index (χ3v) is 6.90. The molecule has 1 heterocycles. The number of hydrogen-bond donors (Lipinski definition) is 1. The minimum Gasteiger partial charge on any atom is -0.228 e. The molecule has 9 heteroatoms. The van der Waals surface area contributed by atoms with Crippen molar-refractivity contribution in [3.63, 3.8) is 0 Å². The summed E-state index contributed by atoms with van der Waals surface area (Å²) in [5.74, 6) is -0.521. The maximum absolute atomic E-state index is 13.1. The molecule has 0 aliphatic carbocycles. The van der Waals surface area contributed by atoms with Gasteiger partial charge in [0.05, 0.1) is 10.1 Å². The van der Waals surface area contributed by atoms with E-state index >= 15 is 0 Å². The van der Waals surface area contributed by atoms with E-state index in [-0.39, 0.29) is 23.5 Å². The van der Waals surface area contributed by atoms with Crippen LogP contribution in [0.1, 0.15) is 18.4 Å². The largest absolute Gasteiger partial charge is 0.243 e. The van der Waals surface area contributed by atoms with Crippen LogP contribution in [-0.2, 0) is 20.0 Å². The van der Waals surface area contributed by atoms with Crippen LogP contribution in [0.15, 0.2) is 23.1 Å². The van der Waals surface area contributed by atoms with Gasteiger partial charge in [-0.15, -0.1) is 0 Å². The Hall–Kier alpha value is -1.03. The maximum Gasteiger partial charge on any atom is 0.243 e. The van der Waals surface area contributed by atoms with E-state index in [1.807, 2.05) is 0 Å². The molecule has 1 aromatic carbocycles.